The van der Waals surface area contributed by atoms with E-state index in [0.717, 1.165) is 23.6 Å². The van der Waals surface area contributed by atoms with Crippen molar-refractivity contribution < 1.29 is 4.79 Å². The lowest BCUT2D eigenvalue weighted by molar-refractivity contribution is 0.0950. The van der Waals surface area contributed by atoms with Gasteiger partial charge in [-0.05, 0) is 37.6 Å². The molecule has 20 heavy (non-hydrogen) atoms. The van der Waals surface area contributed by atoms with E-state index in [4.69, 9.17) is 0 Å². The largest absolute Gasteiger partial charge is 0.370 e. The van der Waals surface area contributed by atoms with Crippen LogP contribution in [0, 0.1) is 6.92 Å². The van der Waals surface area contributed by atoms with E-state index in [9.17, 15) is 4.79 Å². The third kappa shape index (κ3) is 3.78. The first kappa shape index (κ1) is 14.0. The average Bonchev–Trinajstić information content (AvgIpc) is 2.45. The molecule has 0 aliphatic heterocycles. The molecule has 0 fully saturated rings. The summed E-state index contributed by atoms with van der Waals surface area (Å²) in [5.74, 6) is 0.609. The van der Waals surface area contributed by atoms with Crippen LogP contribution >= 0.6 is 0 Å². The standard InChI is InChI=1S/C15H18N4O/c1-3-17-14-8-13(7-11(2)19-14)15(20)18-10-12-5-4-6-16-9-12/h4-9H,3,10H2,1-2H3,(H,17,19)(H,18,20). The van der Waals surface area contributed by atoms with Crippen LogP contribution < -0.4 is 10.6 Å². The van der Waals surface area contributed by atoms with Gasteiger partial charge in [-0.3, -0.25) is 9.78 Å². The predicted octanol–water partition coefficient (Wildman–Crippen LogP) is 2.15. The van der Waals surface area contributed by atoms with Gasteiger partial charge in [-0.1, -0.05) is 6.07 Å². The lowest BCUT2D eigenvalue weighted by atomic mass is 10.2. The minimum Gasteiger partial charge on any atom is -0.370 e. The molecule has 104 valence electrons. The summed E-state index contributed by atoms with van der Waals surface area (Å²) in [6.45, 7) is 5.10. The van der Waals surface area contributed by atoms with Crippen LogP contribution in [-0.2, 0) is 6.54 Å². The van der Waals surface area contributed by atoms with Gasteiger partial charge in [-0.2, -0.15) is 0 Å². The van der Waals surface area contributed by atoms with Crippen LogP contribution in [0.3, 0.4) is 0 Å². The Labute approximate surface area is 118 Å². The summed E-state index contributed by atoms with van der Waals surface area (Å²) in [6, 6.07) is 7.31. The molecule has 0 saturated carbocycles. The van der Waals surface area contributed by atoms with Gasteiger partial charge in [0.15, 0.2) is 0 Å². The number of pyridine rings is 2. The number of nitrogens with zero attached hydrogens (tertiary/aromatic N) is 2. The number of hydrogen-bond donors (Lipinski definition) is 2. The Bertz CT molecular complexity index is 584. The van der Waals surface area contributed by atoms with Crippen molar-refractivity contribution in [3.63, 3.8) is 0 Å². The molecule has 0 aliphatic carbocycles. The Kier molecular flexibility index (Phi) is 4.65. The summed E-state index contributed by atoms with van der Waals surface area (Å²) < 4.78 is 0. The van der Waals surface area contributed by atoms with Gasteiger partial charge in [0, 0.05) is 36.7 Å². The van der Waals surface area contributed by atoms with Gasteiger partial charge < -0.3 is 10.6 Å². The summed E-state index contributed by atoms with van der Waals surface area (Å²) in [5.41, 5.74) is 2.39. The molecule has 2 rings (SSSR count). The van der Waals surface area contributed by atoms with Crippen molar-refractivity contribution in [2.45, 2.75) is 20.4 Å². The summed E-state index contributed by atoms with van der Waals surface area (Å²) in [7, 11) is 0. The Hall–Kier alpha value is -2.43. The topological polar surface area (TPSA) is 66.9 Å². The highest BCUT2D eigenvalue weighted by Gasteiger charge is 2.08. The lowest BCUT2D eigenvalue weighted by Gasteiger charge is -2.08. The first-order chi connectivity index (χ1) is 9.69. The highest BCUT2D eigenvalue weighted by molar-refractivity contribution is 5.94. The zero-order valence-electron chi connectivity index (χ0n) is 11.7. The molecule has 0 spiro atoms. The van der Waals surface area contributed by atoms with Crippen LogP contribution in [0.1, 0.15) is 28.5 Å². The van der Waals surface area contributed by atoms with Gasteiger partial charge in [-0.25, -0.2) is 4.98 Å². The number of carbonyl (C=O) groups is 1. The smallest absolute Gasteiger partial charge is 0.251 e. The first-order valence-electron chi connectivity index (χ1n) is 6.58. The monoisotopic (exact) mass is 270 g/mol. The maximum Gasteiger partial charge on any atom is 0.251 e. The van der Waals surface area contributed by atoms with Crippen LogP contribution in [0.25, 0.3) is 0 Å². The zero-order chi connectivity index (χ0) is 14.4. The van der Waals surface area contributed by atoms with Gasteiger partial charge in [0.05, 0.1) is 0 Å². The fourth-order valence-corrected chi connectivity index (χ4v) is 1.86. The van der Waals surface area contributed by atoms with Crippen LogP contribution in [0.2, 0.25) is 0 Å². The van der Waals surface area contributed by atoms with Crippen molar-refractivity contribution in [3.05, 3.63) is 53.5 Å². The van der Waals surface area contributed by atoms with E-state index in [1.54, 1.807) is 24.5 Å². The third-order valence-corrected chi connectivity index (χ3v) is 2.75. The van der Waals surface area contributed by atoms with Gasteiger partial charge in [0.2, 0.25) is 0 Å². The minimum atomic E-state index is -0.112. The Morgan fingerprint density at radius 3 is 2.90 bits per heavy atom. The normalized spacial score (nSPS) is 10.1. The Morgan fingerprint density at radius 2 is 2.20 bits per heavy atom. The fourth-order valence-electron chi connectivity index (χ4n) is 1.86. The number of aryl methyl sites for hydroxylation is 1. The first-order valence-corrected chi connectivity index (χ1v) is 6.58. The molecule has 0 aromatic carbocycles. The average molecular weight is 270 g/mol. The number of aromatic nitrogens is 2. The zero-order valence-corrected chi connectivity index (χ0v) is 11.7. The number of hydrogen-bond acceptors (Lipinski definition) is 4. The molecule has 5 nitrogen and oxygen atoms in total. The van der Waals surface area contributed by atoms with E-state index in [2.05, 4.69) is 20.6 Å². The number of anilines is 1. The van der Waals surface area contributed by atoms with E-state index >= 15 is 0 Å². The van der Waals surface area contributed by atoms with Crippen molar-refractivity contribution in [1.82, 2.24) is 15.3 Å². The summed E-state index contributed by atoms with van der Waals surface area (Å²) in [5, 5.41) is 5.99. The van der Waals surface area contributed by atoms with Crippen molar-refractivity contribution in [1.29, 1.82) is 0 Å². The van der Waals surface area contributed by atoms with Crippen molar-refractivity contribution in [3.8, 4) is 0 Å². The molecular formula is C15H18N4O. The summed E-state index contributed by atoms with van der Waals surface area (Å²) in [6.07, 6.45) is 3.45. The highest BCUT2D eigenvalue weighted by atomic mass is 16.1. The molecule has 5 heteroatoms. The molecule has 0 saturated heterocycles. The van der Waals surface area contributed by atoms with Gasteiger partial charge >= 0.3 is 0 Å². The van der Waals surface area contributed by atoms with Gasteiger partial charge in [0.1, 0.15) is 5.82 Å². The van der Waals surface area contributed by atoms with E-state index in [1.807, 2.05) is 26.0 Å². The molecule has 0 unspecified atom stereocenters. The lowest BCUT2D eigenvalue weighted by Crippen LogP contribution is -2.23. The molecule has 0 aliphatic rings. The molecule has 0 atom stereocenters. The number of rotatable bonds is 5. The van der Waals surface area contributed by atoms with Crippen molar-refractivity contribution in [2.24, 2.45) is 0 Å². The van der Waals surface area contributed by atoms with E-state index in [-0.39, 0.29) is 5.91 Å². The van der Waals surface area contributed by atoms with Gasteiger partial charge in [0.25, 0.3) is 5.91 Å². The van der Waals surface area contributed by atoms with Crippen molar-refractivity contribution in [2.75, 3.05) is 11.9 Å². The molecule has 2 aromatic rings. The second kappa shape index (κ2) is 6.65. The van der Waals surface area contributed by atoms with E-state index in [0.29, 0.717) is 12.1 Å². The van der Waals surface area contributed by atoms with Crippen LogP contribution in [0.4, 0.5) is 5.82 Å². The molecule has 2 aromatic heterocycles. The maximum absolute atomic E-state index is 12.1. The van der Waals surface area contributed by atoms with Crippen molar-refractivity contribution >= 4 is 11.7 Å². The molecule has 0 radical (unpaired) electrons. The second-order valence-corrected chi connectivity index (χ2v) is 4.46. The molecule has 2 heterocycles. The van der Waals surface area contributed by atoms with E-state index in [1.165, 1.54) is 0 Å². The van der Waals surface area contributed by atoms with Gasteiger partial charge in [-0.15, -0.1) is 0 Å². The second-order valence-electron chi connectivity index (χ2n) is 4.46. The quantitative estimate of drug-likeness (QED) is 0.873. The molecule has 2 N–H and O–H groups in total. The summed E-state index contributed by atoms with van der Waals surface area (Å²) >= 11 is 0. The summed E-state index contributed by atoms with van der Waals surface area (Å²) in [4.78, 5) is 20.5. The highest BCUT2D eigenvalue weighted by Crippen LogP contribution is 2.10. The molecule has 0 bridgehead atoms. The third-order valence-electron chi connectivity index (χ3n) is 2.75. The SMILES string of the molecule is CCNc1cc(C(=O)NCc2cccnc2)cc(C)n1. The minimum absolute atomic E-state index is 0.112. The number of nitrogens with one attached hydrogen (secondary N) is 2. The van der Waals surface area contributed by atoms with E-state index < -0.39 is 0 Å². The number of carbonyl (C=O) groups excluding carboxylic acids is 1. The number of amides is 1. The molecule has 1 amide bonds. The Balaban J connectivity index is 2.05. The molecular weight excluding hydrogens is 252 g/mol. The predicted molar refractivity (Wildman–Crippen MR) is 78.5 cm³/mol. The Morgan fingerprint density at radius 1 is 1.35 bits per heavy atom. The van der Waals surface area contributed by atoms with Crippen LogP contribution in [0.5, 0.6) is 0 Å². The maximum atomic E-state index is 12.1. The van der Waals surface area contributed by atoms with Crippen LogP contribution in [-0.4, -0.2) is 22.4 Å². The fraction of sp³-hybridized carbons (Fsp3) is 0.267. The van der Waals surface area contributed by atoms with Crippen LogP contribution in [0.15, 0.2) is 36.7 Å².